The second kappa shape index (κ2) is 5.16. The van der Waals surface area contributed by atoms with Gasteiger partial charge in [0, 0.05) is 0 Å². The fraction of sp³-hybridized carbons (Fsp3) is 0.467. The predicted molar refractivity (Wildman–Crippen MR) is 66.0 cm³/mol. The minimum atomic E-state index is 0.726. The van der Waals surface area contributed by atoms with E-state index in [1.165, 1.54) is 43.2 Å². The Morgan fingerprint density at radius 1 is 1.00 bits per heavy atom. The molecule has 2 aliphatic rings. The first-order valence-electron chi connectivity index (χ1n) is 6.09. The van der Waals surface area contributed by atoms with E-state index in [1.54, 1.807) is 0 Å². The molecule has 1 aromatic carbocycles. The minimum Gasteiger partial charge on any atom is -0.0883 e. The first kappa shape index (κ1) is 10.5. The maximum absolute atomic E-state index is 2.38. The lowest BCUT2D eigenvalue weighted by Gasteiger charge is -2.09. The fourth-order valence-electron chi connectivity index (χ4n) is 2.12. The van der Waals surface area contributed by atoms with E-state index < -0.39 is 0 Å². The fourth-order valence-corrected chi connectivity index (χ4v) is 2.12. The van der Waals surface area contributed by atoms with E-state index >= 15 is 0 Å². The van der Waals surface area contributed by atoms with Crippen molar-refractivity contribution in [2.75, 3.05) is 0 Å². The monoisotopic (exact) mass is 200 g/mol. The van der Waals surface area contributed by atoms with Crippen LogP contribution in [-0.2, 0) is 12.8 Å². The molecule has 1 aromatic rings. The highest BCUT2D eigenvalue weighted by atomic mass is 14.1. The van der Waals surface area contributed by atoms with Crippen LogP contribution in [0.15, 0.2) is 36.4 Å². The molecule has 2 aliphatic carbocycles. The third-order valence-electron chi connectivity index (χ3n) is 3.21. The Morgan fingerprint density at radius 2 is 1.67 bits per heavy atom. The molecule has 0 heteroatoms. The van der Waals surface area contributed by atoms with Crippen LogP contribution in [-0.4, -0.2) is 0 Å². The maximum atomic E-state index is 2.38. The average Bonchev–Trinajstić information content (AvgIpc) is 2.25. The largest absolute Gasteiger partial charge is 0.0883 e. The van der Waals surface area contributed by atoms with Crippen molar-refractivity contribution in [3.63, 3.8) is 0 Å². The van der Waals surface area contributed by atoms with E-state index in [0.717, 1.165) is 5.92 Å². The van der Waals surface area contributed by atoms with Crippen molar-refractivity contribution in [1.82, 2.24) is 0 Å². The molecule has 0 saturated heterocycles. The van der Waals surface area contributed by atoms with E-state index in [4.69, 9.17) is 0 Å². The van der Waals surface area contributed by atoms with E-state index in [-0.39, 0.29) is 0 Å². The normalized spacial score (nSPS) is 24.2. The summed E-state index contributed by atoms with van der Waals surface area (Å²) in [6, 6.07) is 9.19. The number of benzene rings is 1. The molecular formula is C15H20. The smallest absolute Gasteiger partial charge is 0.0259 e. The lowest BCUT2D eigenvalue weighted by molar-refractivity contribution is 0.643. The number of aryl methyl sites for hydroxylation is 2. The van der Waals surface area contributed by atoms with Gasteiger partial charge in [-0.2, -0.15) is 0 Å². The van der Waals surface area contributed by atoms with Gasteiger partial charge in [0.05, 0.1) is 0 Å². The van der Waals surface area contributed by atoms with E-state index in [1.807, 2.05) is 0 Å². The number of hydrogen-bond donors (Lipinski definition) is 0. The molecule has 15 heavy (non-hydrogen) atoms. The molecule has 1 atom stereocenters. The molecule has 0 saturated carbocycles. The Hall–Kier alpha value is -1.04. The summed E-state index contributed by atoms with van der Waals surface area (Å²) in [5.41, 5.74) is 2.97. The zero-order valence-corrected chi connectivity index (χ0v) is 9.58. The molecule has 0 fully saturated rings. The van der Waals surface area contributed by atoms with Crippen molar-refractivity contribution < 1.29 is 0 Å². The Bertz CT molecular complexity index is 318. The quantitative estimate of drug-likeness (QED) is 0.552. The highest BCUT2D eigenvalue weighted by Gasteiger charge is 2.01. The summed E-state index contributed by atoms with van der Waals surface area (Å²) >= 11 is 0. The molecule has 0 aliphatic heterocycles. The van der Waals surface area contributed by atoms with Crippen LogP contribution < -0.4 is 0 Å². The zero-order chi connectivity index (χ0) is 10.5. The highest BCUT2D eigenvalue weighted by Crippen LogP contribution is 2.15. The Kier molecular flexibility index (Phi) is 3.60. The standard InChI is InChI=1S/C15H20/c1-13-5-3-2-4-6-14-9-11-15(8-7-13)12-10-14/h3,5,9-13H,2,4,6-8H2,1H3/b5-3-. The molecule has 0 aromatic heterocycles. The topological polar surface area (TPSA) is 0 Å². The first-order valence-corrected chi connectivity index (χ1v) is 6.09. The van der Waals surface area contributed by atoms with Gasteiger partial charge in [-0.3, -0.25) is 0 Å². The number of allylic oxidation sites excluding steroid dienone is 2. The van der Waals surface area contributed by atoms with Crippen LogP contribution in [0.25, 0.3) is 0 Å². The van der Waals surface area contributed by atoms with E-state index in [2.05, 4.69) is 43.3 Å². The van der Waals surface area contributed by atoms with Gasteiger partial charge >= 0.3 is 0 Å². The van der Waals surface area contributed by atoms with Crippen LogP contribution in [0.3, 0.4) is 0 Å². The van der Waals surface area contributed by atoms with Crippen LogP contribution in [0.1, 0.15) is 37.3 Å². The molecule has 1 unspecified atom stereocenters. The Labute approximate surface area is 93.0 Å². The first-order chi connectivity index (χ1) is 7.34. The van der Waals surface area contributed by atoms with Gasteiger partial charge in [-0.1, -0.05) is 43.3 Å². The Morgan fingerprint density at radius 3 is 2.40 bits per heavy atom. The molecule has 2 bridgehead atoms. The van der Waals surface area contributed by atoms with Crippen molar-refractivity contribution in [2.45, 2.75) is 39.0 Å². The van der Waals surface area contributed by atoms with Crippen LogP contribution in [0, 0.1) is 5.92 Å². The summed E-state index contributed by atoms with van der Waals surface area (Å²) in [7, 11) is 0. The summed E-state index contributed by atoms with van der Waals surface area (Å²) < 4.78 is 0. The minimum absolute atomic E-state index is 0.726. The summed E-state index contributed by atoms with van der Waals surface area (Å²) in [6.45, 7) is 2.32. The second-order valence-electron chi connectivity index (χ2n) is 4.65. The van der Waals surface area contributed by atoms with E-state index in [0.29, 0.717) is 0 Å². The predicted octanol–water partition coefficient (Wildman–Crippen LogP) is 4.15. The highest BCUT2D eigenvalue weighted by molar-refractivity contribution is 5.23. The van der Waals surface area contributed by atoms with Crippen molar-refractivity contribution in [3.05, 3.63) is 47.5 Å². The Balaban J connectivity index is 2.12. The van der Waals surface area contributed by atoms with E-state index in [9.17, 15) is 0 Å². The van der Waals surface area contributed by atoms with Gasteiger partial charge in [0.25, 0.3) is 0 Å². The lowest BCUT2D eigenvalue weighted by atomic mass is 9.97. The van der Waals surface area contributed by atoms with Gasteiger partial charge in [0.15, 0.2) is 0 Å². The average molecular weight is 200 g/mol. The summed E-state index contributed by atoms with van der Waals surface area (Å²) in [6.07, 6.45) is 11.0. The summed E-state index contributed by atoms with van der Waals surface area (Å²) in [4.78, 5) is 0. The van der Waals surface area contributed by atoms with Gasteiger partial charge in [0.1, 0.15) is 0 Å². The third kappa shape index (κ3) is 3.23. The van der Waals surface area contributed by atoms with Gasteiger partial charge in [-0.25, -0.2) is 0 Å². The molecule has 0 radical (unpaired) electrons. The summed E-state index contributed by atoms with van der Waals surface area (Å²) in [5, 5.41) is 0. The summed E-state index contributed by atoms with van der Waals surface area (Å²) in [5.74, 6) is 0.726. The maximum Gasteiger partial charge on any atom is -0.0259 e. The molecule has 0 nitrogen and oxygen atoms in total. The van der Waals surface area contributed by atoms with Gasteiger partial charge in [-0.05, 0) is 49.1 Å². The van der Waals surface area contributed by atoms with Crippen LogP contribution >= 0.6 is 0 Å². The second-order valence-corrected chi connectivity index (χ2v) is 4.65. The molecule has 80 valence electrons. The zero-order valence-electron chi connectivity index (χ0n) is 9.58. The molecule has 0 N–H and O–H groups in total. The molecule has 0 spiro atoms. The van der Waals surface area contributed by atoms with Gasteiger partial charge in [0.2, 0.25) is 0 Å². The van der Waals surface area contributed by atoms with Crippen LogP contribution in [0.2, 0.25) is 0 Å². The van der Waals surface area contributed by atoms with Crippen molar-refractivity contribution in [1.29, 1.82) is 0 Å². The lowest BCUT2D eigenvalue weighted by Crippen LogP contribution is -1.96. The number of fused-ring (bicyclic) bond motifs is 8. The van der Waals surface area contributed by atoms with Gasteiger partial charge < -0.3 is 0 Å². The van der Waals surface area contributed by atoms with Crippen LogP contribution in [0.4, 0.5) is 0 Å². The SMILES string of the molecule is CC1/C=C\CCCc2ccc(cc2)CC1. The number of hydrogen-bond acceptors (Lipinski definition) is 0. The van der Waals surface area contributed by atoms with Gasteiger partial charge in [-0.15, -0.1) is 0 Å². The molecule has 0 heterocycles. The van der Waals surface area contributed by atoms with Crippen molar-refractivity contribution in [3.8, 4) is 0 Å². The molecule has 0 amide bonds. The molecule has 3 rings (SSSR count). The van der Waals surface area contributed by atoms with Crippen molar-refractivity contribution >= 4 is 0 Å². The molecular weight excluding hydrogens is 180 g/mol. The third-order valence-corrected chi connectivity index (χ3v) is 3.21. The van der Waals surface area contributed by atoms with Crippen molar-refractivity contribution in [2.24, 2.45) is 5.92 Å². The number of rotatable bonds is 0. The van der Waals surface area contributed by atoms with Crippen LogP contribution in [0.5, 0.6) is 0 Å².